The second-order valence-electron chi connectivity index (χ2n) is 4.75. The summed E-state index contributed by atoms with van der Waals surface area (Å²) >= 11 is 3.58. The van der Waals surface area contributed by atoms with E-state index < -0.39 is 0 Å². The quantitative estimate of drug-likeness (QED) is 0.841. The molecule has 0 unspecified atom stereocenters. The Bertz CT molecular complexity index is 386. The SMILES string of the molecule is CCc1nn(C)c(COCC(N)(CC)CC)c1Br. The molecule has 0 aliphatic carbocycles. The summed E-state index contributed by atoms with van der Waals surface area (Å²) < 4.78 is 8.70. The average molecular weight is 318 g/mol. The van der Waals surface area contributed by atoms with E-state index in [1.54, 1.807) is 0 Å². The largest absolute Gasteiger partial charge is 0.373 e. The molecule has 18 heavy (non-hydrogen) atoms. The van der Waals surface area contributed by atoms with Crippen LogP contribution in [0.2, 0.25) is 0 Å². The van der Waals surface area contributed by atoms with Gasteiger partial charge in [0.05, 0.1) is 29.1 Å². The van der Waals surface area contributed by atoms with Gasteiger partial charge in [-0.25, -0.2) is 0 Å². The predicted molar refractivity (Wildman–Crippen MR) is 77.4 cm³/mol. The predicted octanol–water partition coefficient (Wildman–Crippen LogP) is 2.78. The second kappa shape index (κ2) is 6.68. The molecule has 5 heteroatoms. The third-order valence-electron chi connectivity index (χ3n) is 3.54. The molecule has 0 radical (unpaired) electrons. The number of halogens is 1. The summed E-state index contributed by atoms with van der Waals surface area (Å²) in [6.07, 6.45) is 2.77. The first kappa shape index (κ1) is 15.7. The van der Waals surface area contributed by atoms with Crippen LogP contribution in [0.4, 0.5) is 0 Å². The lowest BCUT2D eigenvalue weighted by Gasteiger charge is -2.26. The minimum Gasteiger partial charge on any atom is -0.373 e. The zero-order chi connectivity index (χ0) is 13.8. The lowest BCUT2D eigenvalue weighted by molar-refractivity contribution is 0.0657. The van der Waals surface area contributed by atoms with Gasteiger partial charge in [-0.2, -0.15) is 5.10 Å². The van der Waals surface area contributed by atoms with Crippen molar-refractivity contribution in [2.24, 2.45) is 12.8 Å². The van der Waals surface area contributed by atoms with Crippen molar-refractivity contribution < 1.29 is 4.74 Å². The standard InChI is InChI=1S/C13H24BrN3O/c1-5-10-12(14)11(17(4)16-10)8-18-9-13(15,6-2)7-3/h5-9,15H2,1-4H3. The number of aromatic nitrogens is 2. The van der Waals surface area contributed by atoms with Crippen LogP contribution in [0, 0.1) is 0 Å². The number of rotatable bonds is 7. The van der Waals surface area contributed by atoms with Gasteiger partial charge >= 0.3 is 0 Å². The van der Waals surface area contributed by atoms with Gasteiger partial charge in [0, 0.05) is 12.6 Å². The van der Waals surface area contributed by atoms with Gasteiger partial charge in [0.15, 0.2) is 0 Å². The topological polar surface area (TPSA) is 53.1 Å². The highest BCUT2D eigenvalue weighted by Gasteiger charge is 2.21. The van der Waals surface area contributed by atoms with Crippen molar-refractivity contribution in [3.8, 4) is 0 Å². The van der Waals surface area contributed by atoms with Crippen molar-refractivity contribution in [2.75, 3.05) is 6.61 Å². The van der Waals surface area contributed by atoms with Gasteiger partial charge in [-0.05, 0) is 35.2 Å². The van der Waals surface area contributed by atoms with Crippen molar-refractivity contribution >= 4 is 15.9 Å². The van der Waals surface area contributed by atoms with E-state index in [-0.39, 0.29) is 5.54 Å². The van der Waals surface area contributed by atoms with Crippen molar-refractivity contribution in [2.45, 2.75) is 52.2 Å². The lowest BCUT2D eigenvalue weighted by Crippen LogP contribution is -2.43. The minimum absolute atomic E-state index is 0.210. The lowest BCUT2D eigenvalue weighted by atomic mass is 9.96. The molecule has 0 saturated carbocycles. The monoisotopic (exact) mass is 317 g/mol. The molecule has 104 valence electrons. The number of nitrogens with two attached hydrogens (primary N) is 1. The van der Waals surface area contributed by atoms with Crippen LogP contribution >= 0.6 is 15.9 Å². The molecule has 0 spiro atoms. The zero-order valence-electron chi connectivity index (χ0n) is 11.8. The summed E-state index contributed by atoms with van der Waals surface area (Å²) in [5.74, 6) is 0. The fourth-order valence-corrected chi connectivity index (χ4v) is 2.51. The molecule has 4 nitrogen and oxygen atoms in total. The van der Waals surface area contributed by atoms with Gasteiger partial charge in [0.25, 0.3) is 0 Å². The molecule has 1 aromatic heterocycles. The Hall–Kier alpha value is -0.390. The van der Waals surface area contributed by atoms with E-state index in [2.05, 4.69) is 41.8 Å². The number of ether oxygens (including phenoxy) is 1. The molecule has 0 aliphatic heterocycles. The highest BCUT2D eigenvalue weighted by atomic mass is 79.9. The molecule has 0 aromatic carbocycles. The van der Waals surface area contributed by atoms with E-state index in [0.29, 0.717) is 13.2 Å². The fourth-order valence-electron chi connectivity index (χ4n) is 1.78. The number of aryl methyl sites for hydroxylation is 2. The van der Waals surface area contributed by atoms with Gasteiger partial charge < -0.3 is 10.5 Å². The molecule has 1 heterocycles. The van der Waals surface area contributed by atoms with E-state index in [9.17, 15) is 0 Å². The van der Waals surface area contributed by atoms with E-state index in [4.69, 9.17) is 10.5 Å². The van der Waals surface area contributed by atoms with Crippen LogP contribution < -0.4 is 5.73 Å². The maximum Gasteiger partial charge on any atom is 0.0897 e. The van der Waals surface area contributed by atoms with Gasteiger partial charge in [-0.1, -0.05) is 20.8 Å². The van der Waals surface area contributed by atoms with Crippen molar-refractivity contribution in [3.63, 3.8) is 0 Å². The van der Waals surface area contributed by atoms with Crippen LogP contribution in [0.25, 0.3) is 0 Å². The summed E-state index contributed by atoms with van der Waals surface area (Å²) in [6.45, 7) is 7.42. The maximum atomic E-state index is 6.21. The fraction of sp³-hybridized carbons (Fsp3) is 0.769. The smallest absolute Gasteiger partial charge is 0.0897 e. The van der Waals surface area contributed by atoms with Crippen molar-refractivity contribution in [3.05, 3.63) is 15.9 Å². The molecule has 0 fully saturated rings. The minimum atomic E-state index is -0.210. The molecule has 2 N–H and O–H groups in total. The summed E-state index contributed by atoms with van der Waals surface area (Å²) in [5.41, 5.74) is 8.14. The third-order valence-corrected chi connectivity index (χ3v) is 4.45. The average Bonchev–Trinajstić information content (AvgIpc) is 2.65. The first-order valence-electron chi connectivity index (χ1n) is 6.54. The highest BCUT2D eigenvalue weighted by molar-refractivity contribution is 9.10. The molecule has 1 aromatic rings. The number of nitrogens with zero attached hydrogens (tertiary/aromatic N) is 2. The Labute approximate surface area is 118 Å². The molecular weight excluding hydrogens is 294 g/mol. The Kier molecular flexibility index (Phi) is 5.82. The van der Waals surface area contributed by atoms with Crippen LogP contribution in [0.1, 0.15) is 45.0 Å². The van der Waals surface area contributed by atoms with Crippen molar-refractivity contribution in [1.29, 1.82) is 0 Å². The van der Waals surface area contributed by atoms with Gasteiger partial charge in [-0.15, -0.1) is 0 Å². The van der Waals surface area contributed by atoms with Crippen LogP contribution in [0.5, 0.6) is 0 Å². The van der Waals surface area contributed by atoms with E-state index in [1.165, 1.54) is 0 Å². The Morgan fingerprint density at radius 1 is 1.33 bits per heavy atom. The molecule has 0 saturated heterocycles. The van der Waals surface area contributed by atoms with E-state index in [1.807, 2.05) is 11.7 Å². The van der Waals surface area contributed by atoms with Gasteiger partial charge in [0.1, 0.15) is 0 Å². The second-order valence-corrected chi connectivity index (χ2v) is 5.54. The third kappa shape index (κ3) is 3.56. The first-order chi connectivity index (χ1) is 8.47. The summed E-state index contributed by atoms with van der Waals surface area (Å²) in [4.78, 5) is 0. The van der Waals surface area contributed by atoms with E-state index in [0.717, 1.165) is 35.1 Å². The molecule has 0 aliphatic rings. The summed E-state index contributed by atoms with van der Waals surface area (Å²) in [5, 5.41) is 4.44. The molecule has 0 amide bonds. The molecule has 0 atom stereocenters. The summed E-state index contributed by atoms with van der Waals surface area (Å²) in [6, 6.07) is 0. The Morgan fingerprint density at radius 2 is 1.94 bits per heavy atom. The maximum absolute atomic E-state index is 6.21. The Morgan fingerprint density at radius 3 is 2.39 bits per heavy atom. The van der Waals surface area contributed by atoms with Gasteiger partial charge in [-0.3, -0.25) is 4.68 Å². The van der Waals surface area contributed by atoms with Crippen LogP contribution in [-0.2, 0) is 24.8 Å². The van der Waals surface area contributed by atoms with E-state index >= 15 is 0 Å². The van der Waals surface area contributed by atoms with Crippen molar-refractivity contribution in [1.82, 2.24) is 9.78 Å². The first-order valence-corrected chi connectivity index (χ1v) is 7.33. The zero-order valence-corrected chi connectivity index (χ0v) is 13.4. The highest BCUT2D eigenvalue weighted by Crippen LogP contribution is 2.22. The number of hydrogen-bond donors (Lipinski definition) is 1. The summed E-state index contributed by atoms with van der Waals surface area (Å²) in [7, 11) is 1.94. The Balaban J connectivity index is 2.62. The molecule has 1 rings (SSSR count). The number of hydrogen-bond acceptors (Lipinski definition) is 3. The molecular formula is C13H24BrN3O. The van der Waals surface area contributed by atoms with Gasteiger partial charge in [0.2, 0.25) is 0 Å². The van der Waals surface area contributed by atoms with Crippen LogP contribution in [-0.4, -0.2) is 21.9 Å². The van der Waals surface area contributed by atoms with Crippen LogP contribution in [0.3, 0.4) is 0 Å². The molecule has 0 bridgehead atoms. The normalized spacial score (nSPS) is 12.1. The van der Waals surface area contributed by atoms with Crippen LogP contribution in [0.15, 0.2) is 4.47 Å².